The lowest BCUT2D eigenvalue weighted by molar-refractivity contribution is -0.149. The SMILES string of the molecule is CCCC[C@H](NC(=O)OCC1c2ccccc2-c2ccccc21)C(=O)NC1(C(=O)O)CCCCC1. The molecule has 0 unspecified atom stereocenters. The highest BCUT2D eigenvalue weighted by molar-refractivity contribution is 5.91. The van der Waals surface area contributed by atoms with Crippen LogP contribution in [0.5, 0.6) is 0 Å². The molecule has 2 aliphatic carbocycles. The van der Waals surface area contributed by atoms with Crippen molar-refractivity contribution in [3.63, 3.8) is 0 Å². The summed E-state index contributed by atoms with van der Waals surface area (Å²) >= 11 is 0. The number of amides is 2. The van der Waals surface area contributed by atoms with Crippen LogP contribution in [0.2, 0.25) is 0 Å². The van der Waals surface area contributed by atoms with Crippen molar-refractivity contribution in [2.75, 3.05) is 6.61 Å². The molecule has 0 radical (unpaired) electrons. The van der Waals surface area contributed by atoms with Crippen LogP contribution >= 0.6 is 0 Å². The second-order valence-corrected chi connectivity index (χ2v) is 9.60. The van der Waals surface area contributed by atoms with Crippen molar-refractivity contribution in [2.45, 2.75) is 75.8 Å². The maximum Gasteiger partial charge on any atom is 0.407 e. The normalized spacial score (nSPS) is 17.1. The Bertz CT molecular complexity index is 1030. The Morgan fingerprint density at radius 3 is 2.17 bits per heavy atom. The number of hydrogen-bond donors (Lipinski definition) is 3. The number of nitrogens with one attached hydrogen (secondary N) is 2. The number of aliphatic carboxylic acids is 1. The fourth-order valence-electron chi connectivity index (χ4n) is 5.33. The predicted octanol–water partition coefficient (Wildman–Crippen LogP) is 4.99. The third-order valence-electron chi connectivity index (χ3n) is 7.28. The van der Waals surface area contributed by atoms with Gasteiger partial charge in [0, 0.05) is 5.92 Å². The molecule has 1 saturated carbocycles. The molecule has 0 aromatic heterocycles. The minimum Gasteiger partial charge on any atom is -0.480 e. The highest BCUT2D eigenvalue weighted by Crippen LogP contribution is 2.44. The molecule has 4 rings (SSSR count). The smallest absolute Gasteiger partial charge is 0.407 e. The minimum absolute atomic E-state index is 0.0754. The summed E-state index contributed by atoms with van der Waals surface area (Å²) in [7, 11) is 0. The van der Waals surface area contributed by atoms with Crippen molar-refractivity contribution in [1.29, 1.82) is 0 Å². The van der Waals surface area contributed by atoms with E-state index in [9.17, 15) is 19.5 Å². The summed E-state index contributed by atoms with van der Waals surface area (Å²) in [5, 5.41) is 15.3. The van der Waals surface area contributed by atoms with E-state index in [0.717, 1.165) is 54.4 Å². The summed E-state index contributed by atoms with van der Waals surface area (Å²) in [5.74, 6) is -1.55. The lowest BCUT2D eigenvalue weighted by Crippen LogP contribution is -2.60. The monoisotopic (exact) mass is 478 g/mol. The third-order valence-corrected chi connectivity index (χ3v) is 7.28. The molecule has 3 N–H and O–H groups in total. The Labute approximate surface area is 206 Å². The van der Waals surface area contributed by atoms with Crippen molar-refractivity contribution in [2.24, 2.45) is 0 Å². The van der Waals surface area contributed by atoms with E-state index in [2.05, 4.69) is 22.8 Å². The summed E-state index contributed by atoms with van der Waals surface area (Å²) in [6.45, 7) is 2.16. The Morgan fingerprint density at radius 2 is 1.60 bits per heavy atom. The number of carboxylic acid groups (broad SMARTS) is 1. The highest BCUT2D eigenvalue weighted by Gasteiger charge is 2.42. The quantitative estimate of drug-likeness (QED) is 0.471. The van der Waals surface area contributed by atoms with E-state index >= 15 is 0 Å². The molecule has 2 aliphatic rings. The second-order valence-electron chi connectivity index (χ2n) is 9.60. The lowest BCUT2D eigenvalue weighted by Gasteiger charge is -2.35. The number of ether oxygens (including phenoxy) is 1. The minimum atomic E-state index is -1.26. The van der Waals surface area contributed by atoms with Crippen molar-refractivity contribution >= 4 is 18.0 Å². The maximum absolute atomic E-state index is 13.1. The van der Waals surface area contributed by atoms with Gasteiger partial charge in [0.05, 0.1) is 0 Å². The van der Waals surface area contributed by atoms with Crippen molar-refractivity contribution in [1.82, 2.24) is 10.6 Å². The standard InChI is InChI=1S/C28H34N2O5/c1-2-3-15-24(25(31)30-28(26(32)33)16-9-4-10-17-28)29-27(34)35-18-23-21-13-7-5-11-19(21)20-12-6-8-14-22(20)23/h5-8,11-14,23-24H,2-4,9-10,15-18H2,1H3,(H,29,34)(H,30,31)(H,32,33)/t24-/m0/s1. The molecule has 0 spiro atoms. The molecule has 0 saturated heterocycles. The lowest BCUT2D eigenvalue weighted by atomic mass is 9.81. The van der Waals surface area contributed by atoms with E-state index < -0.39 is 29.6 Å². The van der Waals surface area contributed by atoms with Gasteiger partial charge in [-0.3, -0.25) is 4.79 Å². The Morgan fingerprint density at radius 1 is 1.00 bits per heavy atom. The fraction of sp³-hybridized carbons (Fsp3) is 0.464. The van der Waals surface area contributed by atoms with Crippen molar-refractivity contribution in [3.8, 4) is 11.1 Å². The van der Waals surface area contributed by atoms with Crippen LogP contribution in [0.4, 0.5) is 4.79 Å². The molecule has 186 valence electrons. The largest absolute Gasteiger partial charge is 0.480 e. The number of rotatable bonds is 9. The van der Waals surface area contributed by atoms with Gasteiger partial charge in [0.2, 0.25) is 5.91 Å². The summed E-state index contributed by atoms with van der Waals surface area (Å²) in [6, 6.07) is 15.4. The fourth-order valence-corrected chi connectivity index (χ4v) is 5.33. The van der Waals surface area contributed by atoms with Crippen LogP contribution in [0.15, 0.2) is 48.5 Å². The first-order chi connectivity index (χ1) is 16.9. The van der Waals surface area contributed by atoms with E-state index in [1.165, 1.54) is 0 Å². The number of unbranched alkanes of at least 4 members (excludes halogenated alkanes) is 1. The zero-order valence-corrected chi connectivity index (χ0v) is 20.2. The molecule has 2 aromatic carbocycles. The molecule has 0 heterocycles. The number of benzene rings is 2. The van der Waals surface area contributed by atoms with E-state index in [1.54, 1.807) is 0 Å². The van der Waals surface area contributed by atoms with Gasteiger partial charge in [0.1, 0.15) is 18.2 Å². The van der Waals surface area contributed by atoms with Crippen LogP contribution in [0, 0.1) is 0 Å². The molecule has 2 amide bonds. The molecule has 35 heavy (non-hydrogen) atoms. The number of hydrogen-bond acceptors (Lipinski definition) is 4. The van der Waals surface area contributed by atoms with Gasteiger partial charge in [0.25, 0.3) is 0 Å². The van der Waals surface area contributed by atoms with Crippen LogP contribution in [0.3, 0.4) is 0 Å². The summed E-state index contributed by atoms with van der Waals surface area (Å²) < 4.78 is 5.62. The first kappa shape index (κ1) is 24.8. The van der Waals surface area contributed by atoms with Gasteiger partial charge in [-0.05, 0) is 41.5 Å². The number of carbonyl (C=O) groups is 3. The van der Waals surface area contributed by atoms with E-state index in [-0.39, 0.29) is 12.5 Å². The van der Waals surface area contributed by atoms with E-state index in [4.69, 9.17) is 4.74 Å². The summed E-state index contributed by atoms with van der Waals surface area (Å²) in [5.41, 5.74) is 3.25. The number of fused-ring (bicyclic) bond motifs is 3. The molecule has 7 nitrogen and oxygen atoms in total. The van der Waals surface area contributed by atoms with Gasteiger partial charge < -0.3 is 20.5 Å². The van der Waals surface area contributed by atoms with Gasteiger partial charge >= 0.3 is 12.1 Å². The predicted molar refractivity (Wildman–Crippen MR) is 133 cm³/mol. The van der Waals surface area contributed by atoms with Crippen LogP contribution in [0.1, 0.15) is 75.3 Å². The first-order valence-electron chi connectivity index (χ1n) is 12.6. The Kier molecular flexibility index (Phi) is 7.73. The molecule has 7 heteroatoms. The summed E-state index contributed by atoms with van der Waals surface area (Å²) in [4.78, 5) is 37.9. The van der Waals surface area contributed by atoms with Gasteiger partial charge in [0.15, 0.2) is 0 Å². The van der Waals surface area contributed by atoms with Gasteiger partial charge in [-0.1, -0.05) is 87.6 Å². The number of carboxylic acids is 1. The zero-order valence-electron chi connectivity index (χ0n) is 20.2. The van der Waals surface area contributed by atoms with Gasteiger partial charge in [-0.2, -0.15) is 0 Å². The number of carbonyl (C=O) groups excluding carboxylic acids is 2. The first-order valence-corrected chi connectivity index (χ1v) is 12.6. The third kappa shape index (κ3) is 5.34. The topological polar surface area (TPSA) is 105 Å². The Hall–Kier alpha value is -3.35. The van der Waals surface area contributed by atoms with Crippen LogP contribution < -0.4 is 10.6 Å². The molecule has 2 aromatic rings. The molecule has 1 atom stereocenters. The van der Waals surface area contributed by atoms with Crippen molar-refractivity contribution < 1.29 is 24.2 Å². The maximum atomic E-state index is 13.1. The van der Waals surface area contributed by atoms with Gasteiger partial charge in [-0.15, -0.1) is 0 Å². The number of alkyl carbamates (subject to hydrolysis) is 1. The average molecular weight is 479 g/mol. The Balaban J connectivity index is 1.42. The zero-order chi connectivity index (χ0) is 24.8. The highest BCUT2D eigenvalue weighted by atomic mass is 16.5. The summed E-state index contributed by atoms with van der Waals surface area (Å²) in [6.07, 6.45) is 4.60. The average Bonchev–Trinajstić information content (AvgIpc) is 3.19. The van der Waals surface area contributed by atoms with Crippen LogP contribution in [0.25, 0.3) is 11.1 Å². The van der Waals surface area contributed by atoms with Crippen molar-refractivity contribution in [3.05, 3.63) is 59.7 Å². The molecule has 1 fully saturated rings. The van der Waals surface area contributed by atoms with Crippen LogP contribution in [-0.4, -0.2) is 41.3 Å². The second kappa shape index (κ2) is 10.9. The van der Waals surface area contributed by atoms with E-state index in [0.29, 0.717) is 19.3 Å². The van der Waals surface area contributed by atoms with Crippen LogP contribution in [-0.2, 0) is 14.3 Å². The van der Waals surface area contributed by atoms with Gasteiger partial charge in [-0.25, -0.2) is 9.59 Å². The molecule has 0 bridgehead atoms. The molecular weight excluding hydrogens is 444 g/mol. The molecular formula is C28H34N2O5. The van der Waals surface area contributed by atoms with E-state index in [1.807, 2.05) is 43.3 Å². The molecule has 0 aliphatic heterocycles.